The number of halogens is 1. The molecule has 0 aliphatic heterocycles. The predicted octanol–water partition coefficient (Wildman–Crippen LogP) is 2.78. The van der Waals surface area contributed by atoms with Gasteiger partial charge in [-0.2, -0.15) is 5.26 Å². The summed E-state index contributed by atoms with van der Waals surface area (Å²) in [6.07, 6.45) is 0. The quantitative estimate of drug-likeness (QED) is 0.767. The largest absolute Gasteiger partial charge is 0.493 e. The lowest BCUT2D eigenvalue weighted by molar-refractivity contribution is 0.358. The Balaban J connectivity index is 2.82. The molecule has 0 radical (unpaired) electrons. The lowest BCUT2D eigenvalue weighted by Gasteiger charge is -2.10. The van der Waals surface area contributed by atoms with E-state index in [9.17, 15) is 0 Å². The van der Waals surface area contributed by atoms with Crippen molar-refractivity contribution >= 4 is 22.5 Å². The van der Waals surface area contributed by atoms with Crippen LogP contribution in [0, 0.1) is 11.3 Å². The number of ether oxygens (including phenoxy) is 2. The molecule has 86 valence electrons. The summed E-state index contributed by atoms with van der Waals surface area (Å²) in [5, 5.41) is 9.81. The van der Waals surface area contributed by atoms with Gasteiger partial charge in [0.2, 0.25) is 0 Å². The van der Waals surface area contributed by atoms with Gasteiger partial charge in [-0.05, 0) is 18.2 Å². The Morgan fingerprint density at radius 1 is 1.29 bits per heavy atom. The number of hydrogen-bond donors (Lipinski definition) is 0. The Hall–Kier alpha value is -1.99. The third kappa shape index (κ3) is 1.85. The first-order chi connectivity index (χ1) is 8.21. The van der Waals surface area contributed by atoms with E-state index in [4.69, 9.17) is 26.3 Å². The number of aromatic nitrogens is 1. The molecule has 17 heavy (non-hydrogen) atoms. The van der Waals surface area contributed by atoms with Crippen LogP contribution in [0.5, 0.6) is 11.5 Å². The molecule has 1 aromatic carbocycles. The van der Waals surface area contributed by atoms with Gasteiger partial charge >= 0.3 is 0 Å². The highest BCUT2D eigenvalue weighted by atomic mass is 35.5. The van der Waals surface area contributed by atoms with Crippen LogP contribution in [0.3, 0.4) is 0 Å². The fourth-order valence-electron chi connectivity index (χ4n) is 1.61. The summed E-state index contributed by atoms with van der Waals surface area (Å²) >= 11 is 5.90. The van der Waals surface area contributed by atoms with Crippen LogP contribution in [-0.4, -0.2) is 19.2 Å². The molecular formula is C12H9ClN2O2. The van der Waals surface area contributed by atoms with E-state index in [0.717, 1.165) is 5.39 Å². The topological polar surface area (TPSA) is 55.1 Å². The molecule has 0 bridgehead atoms. The van der Waals surface area contributed by atoms with Gasteiger partial charge in [0.15, 0.2) is 11.5 Å². The minimum Gasteiger partial charge on any atom is -0.493 e. The number of benzene rings is 1. The van der Waals surface area contributed by atoms with Gasteiger partial charge in [-0.25, -0.2) is 4.98 Å². The average molecular weight is 249 g/mol. The average Bonchev–Trinajstić information content (AvgIpc) is 2.36. The van der Waals surface area contributed by atoms with Crippen LogP contribution >= 0.6 is 11.6 Å². The van der Waals surface area contributed by atoms with Crippen molar-refractivity contribution in [3.63, 3.8) is 0 Å². The van der Waals surface area contributed by atoms with E-state index < -0.39 is 0 Å². The van der Waals surface area contributed by atoms with Gasteiger partial charge in [-0.15, -0.1) is 0 Å². The van der Waals surface area contributed by atoms with E-state index in [0.29, 0.717) is 22.6 Å². The van der Waals surface area contributed by atoms with Crippen LogP contribution in [0.25, 0.3) is 10.9 Å². The van der Waals surface area contributed by atoms with E-state index in [1.807, 2.05) is 6.07 Å². The van der Waals surface area contributed by atoms with Crippen molar-refractivity contribution in [2.24, 2.45) is 0 Å². The molecule has 1 aromatic heterocycles. The third-order valence-electron chi connectivity index (χ3n) is 2.40. The number of fused-ring (bicyclic) bond motifs is 1. The number of pyridine rings is 1. The second-order valence-corrected chi connectivity index (χ2v) is 3.67. The van der Waals surface area contributed by atoms with Crippen LogP contribution in [0.1, 0.15) is 5.56 Å². The lowest BCUT2D eigenvalue weighted by Crippen LogP contribution is -1.94. The predicted molar refractivity (Wildman–Crippen MR) is 64.6 cm³/mol. The monoisotopic (exact) mass is 248 g/mol. The van der Waals surface area contributed by atoms with Crippen molar-refractivity contribution in [2.45, 2.75) is 0 Å². The highest BCUT2D eigenvalue weighted by Gasteiger charge is 2.12. The summed E-state index contributed by atoms with van der Waals surface area (Å²) in [7, 11) is 3.08. The van der Waals surface area contributed by atoms with Gasteiger partial charge in [-0.1, -0.05) is 11.6 Å². The minimum absolute atomic E-state index is 0.159. The Bertz CT molecular complexity index is 620. The molecular weight excluding hydrogens is 240 g/mol. The van der Waals surface area contributed by atoms with Crippen LogP contribution in [0.4, 0.5) is 0 Å². The zero-order valence-corrected chi connectivity index (χ0v) is 10.1. The highest BCUT2D eigenvalue weighted by molar-refractivity contribution is 6.31. The number of nitrogens with zero attached hydrogens (tertiary/aromatic N) is 2. The Kier molecular flexibility index (Phi) is 3.03. The van der Waals surface area contributed by atoms with Gasteiger partial charge in [0.1, 0.15) is 16.7 Å². The summed E-state index contributed by atoms with van der Waals surface area (Å²) in [6.45, 7) is 0. The first-order valence-electron chi connectivity index (χ1n) is 4.82. The van der Waals surface area contributed by atoms with Crippen molar-refractivity contribution in [3.8, 4) is 17.6 Å². The fourth-order valence-corrected chi connectivity index (χ4v) is 1.79. The van der Waals surface area contributed by atoms with E-state index >= 15 is 0 Å². The molecule has 5 heteroatoms. The zero-order valence-electron chi connectivity index (χ0n) is 9.32. The van der Waals surface area contributed by atoms with Gasteiger partial charge in [0, 0.05) is 5.39 Å². The summed E-state index contributed by atoms with van der Waals surface area (Å²) < 4.78 is 10.4. The second kappa shape index (κ2) is 4.48. The molecule has 4 nitrogen and oxygen atoms in total. The molecule has 0 saturated heterocycles. The van der Waals surface area contributed by atoms with Gasteiger partial charge in [0.25, 0.3) is 0 Å². The minimum atomic E-state index is 0.159. The fraction of sp³-hybridized carbons (Fsp3) is 0.167. The van der Waals surface area contributed by atoms with E-state index in [-0.39, 0.29) is 5.15 Å². The van der Waals surface area contributed by atoms with E-state index in [1.54, 1.807) is 25.3 Å². The normalized spacial score (nSPS) is 10.0. The van der Waals surface area contributed by atoms with Gasteiger partial charge < -0.3 is 9.47 Å². The molecule has 0 saturated carbocycles. The highest BCUT2D eigenvalue weighted by Crippen LogP contribution is 2.35. The van der Waals surface area contributed by atoms with Gasteiger partial charge in [0.05, 0.1) is 19.8 Å². The number of hydrogen-bond acceptors (Lipinski definition) is 4. The zero-order chi connectivity index (χ0) is 12.4. The summed E-state index contributed by atoms with van der Waals surface area (Å²) in [6, 6.07) is 7.23. The van der Waals surface area contributed by atoms with E-state index in [1.165, 1.54) is 7.11 Å². The number of nitriles is 1. The first kappa shape index (κ1) is 11.5. The molecule has 0 aliphatic carbocycles. The van der Waals surface area contributed by atoms with Crippen molar-refractivity contribution in [2.75, 3.05) is 14.2 Å². The molecule has 0 N–H and O–H groups in total. The maximum atomic E-state index is 8.87. The molecule has 2 aromatic rings. The molecule has 0 amide bonds. The molecule has 2 rings (SSSR count). The van der Waals surface area contributed by atoms with Crippen molar-refractivity contribution in [3.05, 3.63) is 28.9 Å². The van der Waals surface area contributed by atoms with Crippen LogP contribution in [0.15, 0.2) is 18.2 Å². The Morgan fingerprint density at radius 3 is 2.65 bits per heavy atom. The van der Waals surface area contributed by atoms with Gasteiger partial charge in [-0.3, -0.25) is 0 Å². The number of rotatable bonds is 2. The van der Waals surface area contributed by atoms with Crippen molar-refractivity contribution in [1.29, 1.82) is 5.26 Å². The SMILES string of the molecule is COc1ccc2cc(C#N)c(Cl)nc2c1OC. The van der Waals surface area contributed by atoms with Crippen molar-refractivity contribution < 1.29 is 9.47 Å². The van der Waals surface area contributed by atoms with Crippen molar-refractivity contribution in [1.82, 2.24) is 4.98 Å². The lowest BCUT2D eigenvalue weighted by atomic mass is 10.1. The maximum absolute atomic E-state index is 8.87. The smallest absolute Gasteiger partial charge is 0.187 e. The Labute approximate surface area is 103 Å². The molecule has 0 atom stereocenters. The summed E-state index contributed by atoms with van der Waals surface area (Å²) in [5.41, 5.74) is 0.919. The molecule has 0 unspecified atom stereocenters. The molecule has 0 aliphatic rings. The molecule has 1 heterocycles. The summed E-state index contributed by atoms with van der Waals surface area (Å²) in [5.74, 6) is 1.09. The van der Waals surface area contributed by atoms with Crippen LogP contribution in [0.2, 0.25) is 5.15 Å². The third-order valence-corrected chi connectivity index (χ3v) is 2.69. The number of methoxy groups -OCH3 is 2. The Morgan fingerprint density at radius 2 is 2.06 bits per heavy atom. The van der Waals surface area contributed by atoms with Crippen LogP contribution < -0.4 is 9.47 Å². The molecule has 0 fully saturated rings. The van der Waals surface area contributed by atoms with E-state index in [2.05, 4.69) is 4.98 Å². The second-order valence-electron chi connectivity index (χ2n) is 3.31. The summed E-state index contributed by atoms with van der Waals surface area (Å²) in [4.78, 5) is 4.16. The standard InChI is InChI=1S/C12H9ClN2O2/c1-16-9-4-3-7-5-8(6-14)12(13)15-10(7)11(9)17-2/h3-5H,1-2H3. The van der Waals surface area contributed by atoms with Crippen LogP contribution in [-0.2, 0) is 0 Å². The first-order valence-corrected chi connectivity index (χ1v) is 5.20. The maximum Gasteiger partial charge on any atom is 0.187 e. The molecule has 0 spiro atoms.